The van der Waals surface area contributed by atoms with Crippen LogP contribution in [0.4, 0.5) is 4.39 Å². The molecule has 0 unspecified atom stereocenters. The monoisotopic (exact) mass is 381 g/mol. The topological polar surface area (TPSA) is 86.5 Å². The third-order valence-electron chi connectivity index (χ3n) is 2.63. The summed E-state index contributed by atoms with van der Waals surface area (Å²) >= 11 is 2.89. The number of primary sulfonamides is 1. The number of esters is 1. The quantitative estimate of drug-likeness (QED) is 0.812. The number of nitrogens with two attached hydrogens (primary N) is 1. The molecule has 5 nitrogen and oxygen atoms in total. The minimum absolute atomic E-state index is 0.0374. The van der Waals surface area contributed by atoms with Crippen molar-refractivity contribution in [3.8, 4) is 0 Å². The molecule has 0 aromatic heterocycles. The predicted molar refractivity (Wildman–Crippen MR) is 79.8 cm³/mol. The SMILES string of the molecule is CC(C)(C)CCOC(=O)c1cc(S(N)(=O)=O)c(Br)cc1F. The summed E-state index contributed by atoms with van der Waals surface area (Å²) < 4.78 is 41.4. The predicted octanol–water partition coefficient (Wildman–Crippen LogP) is 2.83. The number of ether oxygens (including phenoxy) is 1. The summed E-state index contributed by atoms with van der Waals surface area (Å²) in [5.41, 5.74) is -0.499. The Morgan fingerprint density at radius 3 is 2.43 bits per heavy atom. The largest absolute Gasteiger partial charge is 0.462 e. The fourth-order valence-corrected chi connectivity index (χ4v) is 3.04. The van der Waals surface area contributed by atoms with Crippen LogP contribution in [-0.4, -0.2) is 21.0 Å². The van der Waals surface area contributed by atoms with Crippen molar-refractivity contribution in [1.29, 1.82) is 0 Å². The van der Waals surface area contributed by atoms with E-state index < -0.39 is 27.4 Å². The summed E-state index contributed by atoms with van der Waals surface area (Å²) in [5, 5.41) is 5.00. The Morgan fingerprint density at radius 1 is 1.38 bits per heavy atom. The van der Waals surface area contributed by atoms with Crippen molar-refractivity contribution < 1.29 is 22.3 Å². The van der Waals surface area contributed by atoms with Gasteiger partial charge in [-0.25, -0.2) is 22.7 Å². The van der Waals surface area contributed by atoms with Gasteiger partial charge in [0.2, 0.25) is 10.0 Å². The number of hydrogen-bond acceptors (Lipinski definition) is 4. The second-order valence-electron chi connectivity index (χ2n) is 5.75. The van der Waals surface area contributed by atoms with Crippen molar-refractivity contribution in [2.24, 2.45) is 10.6 Å². The molecule has 0 heterocycles. The van der Waals surface area contributed by atoms with Crippen molar-refractivity contribution in [3.05, 3.63) is 28.0 Å². The zero-order valence-corrected chi connectivity index (χ0v) is 14.3. The molecular weight excluding hydrogens is 365 g/mol. The van der Waals surface area contributed by atoms with Gasteiger partial charge >= 0.3 is 5.97 Å². The molecule has 1 rings (SSSR count). The zero-order valence-electron chi connectivity index (χ0n) is 11.9. The molecule has 0 saturated heterocycles. The third kappa shape index (κ3) is 5.37. The Bertz CT molecular complexity index is 653. The van der Waals surface area contributed by atoms with Gasteiger partial charge in [-0.15, -0.1) is 0 Å². The minimum Gasteiger partial charge on any atom is -0.462 e. The molecule has 0 saturated carbocycles. The molecule has 118 valence electrons. The smallest absolute Gasteiger partial charge is 0.341 e. The van der Waals surface area contributed by atoms with Gasteiger partial charge in [0.15, 0.2) is 0 Å². The summed E-state index contributed by atoms with van der Waals surface area (Å²) in [4.78, 5) is 11.5. The van der Waals surface area contributed by atoms with Gasteiger partial charge in [-0.3, -0.25) is 0 Å². The van der Waals surface area contributed by atoms with Crippen LogP contribution in [0.3, 0.4) is 0 Å². The molecule has 0 fully saturated rings. The summed E-state index contributed by atoms with van der Waals surface area (Å²) in [6.07, 6.45) is 0.596. The number of sulfonamides is 1. The Hall–Kier alpha value is -0.990. The normalized spacial score (nSPS) is 12.3. The molecule has 8 heteroatoms. The van der Waals surface area contributed by atoms with E-state index in [1.165, 1.54) is 0 Å². The van der Waals surface area contributed by atoms with Crippen molar-refractivity contribution in [2.45, 2.75) is 32.1 Å². The average molecular weight is 382 g/mol. The first-order valence-corrected chi connectivity index (χ1v) is 8.45. The van der Waals surface area contributed by atoms with Crippen LogP contribution < -0.4 is 5.14 Å². The van der Waals surface area contributed by atoms with Crippen LogP contribution in [0.2, 0.25) is 0 Å². The molecule has 2 N–H and O–H groups in total. The molecule has 1 aromatic carbocycles. The van der Waals surface area contributed by atoms with E-state index in [0.29, 0.717) is 6.42 Å². The lowest BCUT2D eigenvalue weighted by Crippen LogP contribution is -2.17. The maximum Gasteiger partial charge on any atom is 0.341 e. The molecular formula is C13H17BrFNO4S. The van der Waals surface area contributed by atoms with Crippen molar-refractivity contribution in [1.82, 2.24) is 0 Å². The first kappa shape index (κ1) is 18.1. The van der Waals surface area contributed by atoms with Crippen molar-refractivity contribution in [3.63, 3.8) is 0 Å². The number of hydrogen-bond donors (Lipinski definition) is 1. The number of carbonyl (C=O) groups excluding carboxylic acids is 1. The van der Waals surface area contributed by atoms with E-state index in [2.05, 4.69) is 15.9 Å². The number of halogens is 2. The Balaban J connectivity index is 3.00. The number of rotatable bonds is 4. The molecule has 0 radical (unpaired) electrons. The van der Waals surface area contributed by atoms with Crippen LogP contribution in [-0.2, 0) is 14.8 Å². The lowest BCUT2D eigenvalue weighted by Gasteiger charge is -2.17. The standard InChI is InChI=1S/C13H17BrFNO4S/c1-13(2,3)4-5-20-12(17)8-6-11(21(16,18)19)9(14)7-10(8)15/h6-7H,4-5H2,1-3H3,(H2,16,18,19). The molecule has 1 aromatic rings. The zero-order chi connectivity index (χ0) is 16.4. The maximum atomic E-state index is 13.8. The van der Waals surface area contributed by atoms with Crippen LogP contribution in [0.15, 0.2) is 21.5 Å². The number of benzene rings is 1. The van der Waals surface area contributed by atoms with Gasteiger partial charge in [0.1, 0.15) is 5.82 Å². The highest BCUT2D eigenvalue weighted by Crippen LogP contribution is 2.25. The highest BCUT2D eigenvalue weighted by atomic mass is 79.9. The Labute approximate surface area is 131 Å². The van der Waals surface area contributed by atoms with Crippen LogP contribution in [0.1, 0.15) is 37.6 Å². The summed E-state index contributed by atoms with van der Waals surface area (Å²) in [5.74, 6) is -1.80. The maximum absolute atomic E-state index is 13.8. The van der Waals surface area contributed by atoms with Gasteiger partial charge in [0.05, 0.1) is 17.1 Å². The van der Waals surface area contributed by atoms with Crippen LogP contribution in [0, 0.1) is 11.2 Å². The second-order valence-corrected chi connectivity index (χ2v) is 8.14. The fraction of sp³-hybridized carbons (Fsp3) is 0.462. The van der Waals surface area contributed by atoms with Gasteiger partial charge in [0.25, 0.3) is 0 Å². The van der Waals surface area contributed by atoms with Crippen LogP contribution in [0.25, 0.3) is 0 Å². The van der Waals surface area contributed by atoms with E-state index in [-0.39, 0.29) is 21.4 Å². The summed E-state index contributed by atoms with van der Waals surface area (Å²) in [6.45, 7) is 6.03. The lowest BCUT2D eigenvalue weighted by molar-refractivity contribution is 0.0459. The number of carbonyl (C=O) groups is 1. The van der Waals surface area contributed by atoms with E-state index in [1.54, 1.807) is 0 Å². The van der Waals surface area contributed by atoms with Gasteiger partial charge in [-0.2, -0.15) is 0 Å². The first-order valence-electron chi connectivity index (χ1n) is 6.11. The van der Waals surface area contributed by atoms with E-state index in [0.717, 1.165) is 12.1 Å². The molecule has 0 amide bonds. The average Bonchev–Trinajstić information content (AvgIpc) is 2.24. The minimum atomic E-state index is -4.07. The fourth-order valence-electron chi connectivity index (χ4n) is 1.43. The third-order valence-corrected chi connectivity index (χ3v) is 4.50. The van der Waals surface area contributed by atoms with E-state index in [4.69, 9.17) is 9.88 Å². The molecule has 0 atom stereocenters. The van der Waals surface area contributed by atoms with Crippen LogP contribution in [0.5, 0.6) is 0 Å². The van der Waals surface area contributed by atoms with Crippen LogP contribution >= 0.6 is 15.9 Å². The molecule has 0 aliphatic heterocycles. The van der Waals surface area contributed by atoms with E-state index in [1.807, 2.05) is 20.8 Å². The lowest BCUT2D eigenvalue weighted by atomic mass is 9.93. The van der Waals surface area contributed by atoms with Gasteiger partial charge in [-0.05, 0) is 39.9 Å². The van der Waals surface area contributed by atoms with Gasteiger partial charge in [0, 0.05) is 4.47 Å². The Kier molecular flexibility index (Phi) is 5.51. The van der Waals surface area contributed by atoms with Gasteiger partial charge < -0.3 is 4.74 Å². The van der Waals surface area contributed by atoms with Gasteiger partial charge in [-0.1, -0.05) is 20.8 Å². The highest BCUT2D eigenvalue weighted by Gasteiger charge is 2.22. The summed E-state index contributed by atoms with van der Waals surface area (Å²) in [6, 6.07) is 1.74. The molecule has 0 spiro atoms. The van der Waals surface area contributed by atoms with E-state index in [9.17, 15) is 17.6 Å². The van der Waals surface area contributed by atoms with Crippen molar-refractivity contribution in [2.75, 3.05) is 6.61 Å². The van der Waals surface area contributed by atoms with Crippen molar-refractivity contribution >= 4 is 31.9 Å². The van der Waals surface area contributed by atoms with E-state index >= 15 is 0 Å². The highest BCUT2D eigenvalue weighted by molar-refractivity contribution is 9.10. The second kappa shape index (κ2) is 6.41. The molecule has 0 bridgehead atoms. The molecule has 0 aliphatic carbocycles. The first-order chi connectivity index (χ1) is 9.42. The summed E-state index contributed by atoms with van der Waals surface area (Å²) in [7, 11) is -4.07. The molecule has 0 aliphatic rings. The molecule has 21 heavy (non-hydrogen) atoms. The Morgan fingerprint density at radius 2 is 1.95 bits per heavy atom.